The van der Waals surface area contributed by atoms with Crippen LogP contribution in [0.2, 0.25) is 25.7 Å². The highest BCUT2D eigenvalue weighted by molar-refractivity contribution is 7.91. The molecule has 0 N–H and O–H groups in total. The van der Waals surface area contributed by atoms with E-state index in [1.807, 2.05) is 31.6 Å². The van der Waals surface area contributed by atoms with E-state index in [1.54, 1.807) is 0 Å². The van der Waals surface area contributed by atoms with Crippen LogP contribution in [0.1, 0.15) is 44.9 Å². The fourth-order valence-corrected chi connectivity index (χ4v) is 3.87. The van der Waals surface area contributed by atoms with Crippen LogP contribution in [0.5, 0.6) is 0 Å². The van der Waals surface area contributed by atoms with E-state index in [0.717, 1.165) is 43.2 Å². The molecule has 24 heavy (non-hydrogen) atoms. The van der Waals surface area contributed by atoms with Gasteiger partial charge in [0.05, 0.1) is 11.9 Å². The minimum Gasteiger partial charge on any atom is -0.591 e. The lowest BCUT2D eigenvalue weighted by atomic mass is 9.96. The summed E-state index contributed by atoms with van der Waals surface area (Å²) in [6.07, 6.45) is 4.73. The molecule has 1 aromatic rings. The maximum atomic E-state index is 12.3. The van der Waals surface area contributed by atoms with Crippen molar-refractivity contribution in [1.82, 2.24) is 9.78 Å². The predicted octanol–water partition coefficient (Wildman–Crippen LogP) is 3.78. The summed E-state index contributed by atoms with van der Waals surface area (Å²) >= 11 is -1.23. The maximum absolute atomic E-state index is 12.3. The smallest absolute Gasteiger partial charge is 0.144 e. The van der Waals surface area contributed by atoms with E-state index in [-0.39, 0.29) is 4.75 Å². The molecule has 136 valence electrons. The van der Waals surface area contributed by atoms with Gasteiger partial charge in [0.2, 0.25) is 0 Å². The second kappa shape index (κ2) is 7.72. The molecule has 1 heterocycles. The Morgan fingerprint density at radius 2 is 2.04 bits per heavy atom. The first-order valence-electron chi connectivity index (χ1n) is 8.70. The number of hydrogen-bond donors (Lipinski definition) is 0. The Hall–Kier alpha value is -0.633. The number of ether oxygens (including phenoxy) is 1. The van der Waals surface area contributed by atoms with Crippen LogP contribution in [-0.2, 0) is 29.3 Å². The molecule has 5 nitrogen and oxygen atoms in total. The molecule has 2 rings (SSSR count). The van der Waals surface area contributed by atoms with E-state index in [4.69, 9.17) is 4.74 Å². The normalized spacial score (nSPS) is 18.7. The van der Waals surface area contributed by atoms with Crippen molar-refractivity contribution < 1.29 is 9.29 Å². The second-order valence-corrected chi connectivity index (χ2v) is 16.1. The second-order valence-electron chi connectivity index (χ2n) is 8.61. The average Bonchev–Trinajstić information content (AvgIpc) is 2.86. The van der Waals surface area contributed by atoms with E-state index in [9.17, 15) is 4.55 Å². The Labute approximate surface area is 150 Å². The molecule has 0 amide bonds. The van der Waals surface area contributed by atoms with Gasteiger partial charge in [0.1, 0.15) is 28.6 Å². The summed E-state index contributed by atoms with van der Waals surface area (Å²) in [6.45, 7) is 14.2. The van der Waals surface area contributed by atoms with Gasteiger partial charge < -0.3 is 9.29 Å². The van der Waals surface area contributed by atoms with E-state index < -0.39 is 19.4 Å². The van der Waals surface area contributed by atoms with Crippen molar-refractivity contribution in [1.29, 1.82) is 0 Å². The van der Waals surface area contributed by atoms with E-state index >= 15 is 0 Å². The van der Waals surface area contributed by atoms with Crippen molar-refractivity contribution in [2.75, 3.05) is 6.61 Å². The molecule has 1 aromatic heterocycles. The van der Waals surface area contributed by atoms with Crippen LogP contribution < -0.4 is 0 Å². The third-order valence-electron chi connectivity index (χ3n) is 4.01. The molecular weight excluding hydrogens is 338 g/mol. The molecule has 0 aromatic carbocycles. The van der Waals surface area contributed by atoms with Crippen LogP contribution in [0, 0.1) is 0 Å². The lowest BCUT2D eigenvalue weighted by Crippen LogP contribution is -2.28. The Bertz CT molecular complexity index is 588. The Balaban J connectivity index is 2.05. The van der Waals surface area contributed by atoms with Crippen LogP contribution in [0.4, 0.5) is 0 Å². The first kappa shape index (κ1) is 19.7. The van der Waals surface area contributed by atoms with Crippen LogP contribution >= 0.6 is 0 Å². The van der Waals surface area contributed by atoms with Gasteiger partial charge in [-0.2, -0.15) is 5.10 Å². The number of nitrogens with zero attached hydrogens (tertiary/aromatic N) is 3. The predicted molar refractivity (Wildman–Crippen MR) is 104 cm³/mol. The highest BCUT2D eigenvalue weighted by Crippen LogP contribution is 2.25. The standard InChI is InChI=1S/C17H31N3O2SSi/c1-17(2,3)23(21)19-15-8-7-9-16-14(15)12-18-20(16)13-22-10-11-24(4,5)6/h12H,7-11,13H2,1-6H3/b19-15+. The van der Waals surface area contributed by atoms with Crippen LogP contribution in [0.15, 0.2) is 10.6 Å². The number of rotatable bonds is 6. The highest BCUT2D eigenvalue weighted by Gasteiger charge is 2.29. The van der Waals surface area contributed by atoms with Crippen molar-refractivity contribution >= 4 is 25.1 Å². The first-order valence-corrected chi connectivity index (χ1v) is 13.5. The van der Waals surface area contributed by atoms with E-state index in [1.165, 1.54) is 5.69 Å². The van der Waals surface area contributed by atoms with Crippen LogP contribution in [-0.4, -0.2) is 39.5 Å². The average molecular weight is 370 g/mol. The van der Waals surface area contributed by atoms with Crippen molar-refractivity contribution in [3.05, 3.63) is 17.5 Å². The summed E-state index contributed by atoms with van der Waals surface area (Å²) < 4.78 is 24.3. The Kier molecular flexibility index (Phi) is 6.33. The van der Waals surface area contributed by atoms with Crippen molar-refractivity contribution in [3.63, 3.8) is 0 Å². The van der Waals surface area contributed by atoms with Gasteiger partial charge in [-0.3, -0.25) is 0 Å². The van der Waals surface area contributed by atoms with Gasteiger partial charge >= 0.3 is 0 Å². The Morgan fingerprint density at radius 1 is 1.33 bits per heavy atom. The fourth-order valence-electron chi connectivity index (χ4n) is 2.45. The van der Waals surface area contributed by atoms with Gasteiger partial charge in [0, 0.05) is 20.2 Å². The summed E-state index contributed by atoms with van der Waals surface area (Å²) in [6, 6.07) is 1.16. The van der Waals surface area contributed by atoms with Gasteiger partial charge in [-0.25, -0.2) is 4.68 Å². The van der Waals surface area contributed by atoms with E-state index in [0.29, 0.717) is 6.73 Å². The minimum atomic E-state index is -1.23. The summed E-state index contributed by atoms with van der Waals surface area (Å²) in [5.74, 6) is 0. The summed E-state index contributed by atoms with van der Waals surface area (Å²) in [5.41, 5.74) is 3.14. The minimum absolute atomic E-state index is 0.333. The SMILES string of the molecule is CC(C)(C)[S+]([O-])/N=C1\CCCc2c1cnn2COCC[Si](C)(C)C. The number of fused-ring (bicyclic) bond motifs is 1. The van der Waals surface area contributed by atoms with Crippen molar-refractivity contribution in [3.8, 4) is 0 Å². The zero-order chi connectivity index (χ0) is 18.0. The molecule has 1 atom stereocenters. The van der Waals surface area contributed by atoms with Gasteiger partial charge in [0.25, 0.3) is 0 Å². The molecule has 0 saturated heterocycles. The van der Waals surface area contributed by atoms with Gasteiger partial charge in [-0.05, 0) is 46.1 Å². The van der Waals surface area contributed by atoms with Crippen molar-refractivity contribution in [2.45, 2.75) is 77.2 Å². The molecule has 0 radical (unpaired) electrons. The monoisotopic (exact) mass is 369 g/mol. The van der Waals surface area contributed by atoms with Gasteiger partial charge in [-0.15, -0.1) is 0 Å². The molecule has 0 bridgehead atoms. The molecule has 0 aliphatic heterocycles. The lowest BCUT2D eigenvalue weighted by Gasteiger charge is -2.21. The zero-order valence-electron chi connectivity index (χ0n) is 15.9. The number of hydrogen-bond acceptors (Lipinski definition) is 4. The molecule has 7 heteroatoms. The molecule has 1 unspecified atom stereocenters. The maximum Gasteiger partial charge on any atom is 0.144 e. The van der Waals surface area contributed by atoms with Crippen molar-refractivity contribution in [2.24, 2.45) is 4.40 Å². The Morgan fingerprint density at radius 3 is 2.67 bits per heavy atom. The molecule has 0 saturated carbocycles. The lowest BCUT2D eigenvalue weighted by molar-refractivity contribution is 0.0764. The molecular formula is C17H31N3O2SSi. The third kappa shape index (κ3) is 5.44. The van der Waals surface area contributed by atoms with Gasteiger partial charge in [0.15, 0.2) is 0 Å². The van der Waals surface area contributed by atoms with E-state index in [2.05, 4.69) is 29.1 Å². The third-order valence-corrected chi connectivity index (χ3v) is 7.15. The van der Waals surface area contributed by atoms with Gasteiger partial charge in [-0.1, -0.05) is 24.0 Å². The van der Waals surface area contributed by atoms with Crippen LogP contribution in [0.25, 0.3) is 0 Å². The number of aromatic nitrogens is 2. The highest BCUT2D eigenvalue weighted by atomic mass is 32.2. The zero-order valence-corrected chi connectivity index (χ0v) is 17.7. The summed E-state index contributed by atoms with van der Waals surface area (Å²) in [7, 11) is -1.06. The first-order chi connectivity index (χ1) is 11.1. The quantitative estimate of drug-likeness (QED) is 0.435. The summed E-state index contributed by atoms with van der Waals surface area (Å²) in [5, 5.41) is 4.47. The van der Waals surface area contributed by atoms with Crippen LogP contribution in [0.3, 0.4) is 0 Å². The summed E-state index contributed by atoms with van der Waals surface area (Å²) in [4.78, 5) is 0. The molecule has 1 aliphatic rings. The molecule has 0 fully saturated rings. The fraction of sp³-hybridized carbons (Fsp3) is 0.765. The largest absolute Gasteiger partial charge is 0.591 e. The molecule has 0 spiro atoms. The topological polar surface area (TPSA) is 62.5 Å². The molecule has 1 aliphatic carbocycles.